The fourth-order valence-electron chi connectivity index (χ4n) is 3.63. The van der Waals surface area contributed by atoms with Gasteiger partial charge in [-0.25, -0.2) is 4.79 Å². The first kappa shape index (κ1) is 19.1. The topological polar surface area (TPSA) is 84.2 Å². The number of aromatic nitrogens is 2. The molecule has 6 nitrogen and oxygen atoms in total. The minimum atomic E-state index is -0.474. The molecule has 4 rings (SSSR count). The number of rotatable bonds is 2. The molecule has 29 heavy (non-hydrogen) atoms. The van der Waals surface area contributed by atoms with Crippen molar-refractivity contribution in [2.75, 3.05) is 18.8 Å². The zero-order chi connectivity index (χ0) is 20.6. The number of ether oxygens (including phenoxy) is 1. The summed E-state index contributed by atoms with van der Waals surface area (Å²) in [5, 5.41) is 8.03. The summed E-state index contributed by atoms with van der Waals surface area (Å²) in [7, 11) is 0. The molecular weight excluding hydrogens is 364 g/mol. The number of benzene rings is 2. The molecule has 0 saturated carbocycles. The van der Waals surface area contributed by atoms with Gasteiger partial charge >= 0.3 is 6.09 Å². The average molecular weight is 390 g/mol. The summed E-state index contributed by atoms with van der Waals surface area (Å²) in [6.07, 6.45) is 2.66. The van der Waals surface area contributed by atoms with Crippen molar-refractivity contribution in [3.8, 4) is 11.1 Å². The summed E-state index contributed by atoms with van der Waals surface area (Å²) in [6, 6.07) is 14.5. The predicted molar refractivity (Wildman–Crippen MR) is 116 cm³/mol. The van der Waals surface area contributed by atoms with Crippen LogP contribution in [0.15, 0.2) is 48.5 Å². The Morgan fingerprint density at radius 1 is 1.14 bits per heavy atom. The predicted octanol–water partition coefficient (Wildman–Crippen LogP) is 4.84. The molecule has 0 aliphatic carbocycles. The summed E-state index contributed by atoms with van der Waals surface area (Å²) in [5.74, 6) is 0.511. The molecule has 1 aliphatic rings. The van der Waals surface area contributed by atoms with Crippen LogP contribution in [0.4, 0.5) is 10.6 Å². The monoisotopic (exact) mass is 390 g/mol. The fraction of sp³-hybridized carbons (Fsp3) is 0.304. The summed E-state index contributed by atoms with van der Waals surface area (Å²) in [6.45, 7) is 6.88. The maximum atomic E-state index is 12.2. The number of hydrogen-bond donors (Lipinski definition) is 2. The van der Waals surface area contributed by atoms with Crippen LogP contribution in [0.1, 0.15) is 32.8 Å². The number of anilines is 1. The Bertz CT molecular complexity index is 1070. The van der Waals surface area contributed by atoms with Crippen LogP contribution in [0.2, 0.25) is 0 Å². The number of amides is 1. The van der Waals surface area contributed by atoms with Crippen molar-refractivity contribution in [3.63, 3.8) is 0 Å². The fourth-order valence-corrected chi connectivity index (χ4v) is 3.63. The van der Waals surface area contributed by atoms with Gasteiger partial charge in [0.1, 0.15) is 5.60 Å². The molecule has 0 spiro atoms. The van der Waals surface area contributed by atoms with E-state index in [2.05, 4.69) is 46.6 Å². The van der Waals surface area contributed by atoms with Crippen molar-refractivity contribution in [1.82, 2.24) is 15.1 Å². The van der Waals surface area contributed by atoms with Crippen LogP contribution < -0.4 is 5.73 Å². The first-order valence-corrected chi connectivity index (χ1v) is 9.82. The number of nitrogens with two attached hydrogens (primary N) is 1. The van der Waals surface area contributed by atoms with Gasteiger partial charge in [0, 0.05) is 13.1 Å². The summed E-state index contributed by atoms with van der Waals surface area (Å²) >= 11 is 0. The molecule has 0 atom stereocenters. The van der Waals surface area contributed by atoms with Gasteiger partial charge in [0.15, 0.2) is 5.82 Å². The Morgan fingerprint density at radius 3 is 2.52 bits per heavy atom. The Labute approximate surface area is 170 Å². The Balaban J connectivity index is 1.52. The van der Waals surface area contributed by atoms with Crippen LogP contribution in [-0.4, -0.2) is 39.9 Å². The lowest BCUT2D eigenvalue weighted by atomic mass is 9.95. The smallest absolute Gasteiger partial charge is 0.410 e. The van der Waals surface area contributed by atoms with E-state index >= 15 is 0 Å². The molecule has 6 heteroatoms. The van der Waals surface area contributed by atoms with Crippen LogP contribution in [-0.2, 0) is 4.74 Å². The third-order valence-corrected chi connectivity index (χ3v) is 5.04. The number of fused-ring (bicyclic) bond motifs is 1. The highest BCUT2D eigenvalue weighted by Gasteiger charge is 2.23. The van der Waals surface area contributed by atoms with E-state index < -0.39 is 5.60 Å². The van der Waals surface area contributed by atoms with Gasteiger partial charge in [0.05, 0.1) is 10.9 Å². The lowest BCUT2D eigenvalue weighted by Crippen LogP contribution is -2.39. The van der Waals surface area contributed by atoms with Gasteiger partial charge in [-0.2, -0.15) is 5.10 Å². The number of nitrogens with one attached hydrogen (secondary N) is 1. The molecule has 2 aromatic carbocycles. The zero-order valence-corrected chi connectivity index (χ0v) is 17.0. The number of H-pyrrole nitrogens is 1. The highest BCUT2D eigenvalue weighted by molar-refractivity contribution is 6.01. The van der Waals surface area contributed by atoms with Crippen molar-refractivity contribution >= 4 is 28.4 Å². The van der Waals surface area contributed by atoms with Crippen molar-refractivity contribution in [2.24, 2.45) is 0 Å². The third-order valence-electron chi connectivity index (χ3n) is 5.04. The summed E-state index contributed by atoms with van der Waals surface area (Å²) in [4.78, 5) is 14.0. The Hall–Kier alpha value is -3.28. The number of carbonyl (C=O) groups is 1. The lowest BCUT2D eigenvalue weighted by molar-refractivity contribution is 0.0270. The van der Waals surface area contributed by atoms with Crippen LogP contribution >= 0.6 is 0 Å². The van der Waals surface area contributed by atoms with Crippen LogP contribution in [0.3, 0.4) is 0 Å². The molecule has 0 fully saturated rings. The largest absolute Gasteiger partial charge is 0.444 e. The maximum Gasteiger partial charge on any atom is 0.410 e. The van der Waals surface area contributed by atoms with Crippen LogP contribution in [0.5, 0.6) is 0 Å². The van der Waals surface area contributed by atoms with E-state index in [0.29, 0.717) is 18.9 Å². The van der Waals surface area contributed by atoms with Gasteiger partial charge in [-0.3, -0.25) is 5.10 Å². The van der Waals surface area contributed by atoms with E-state index in [1.54, 1.807) is 4.90 Å². The van der Waals surface area contributed by atoms with Gasteiger partial charge < -0.3 is 15.4 Å². The standard InChI is InChI=1S/C23H26N4O2/c1-23(2,3)29-22(28)27-13-11-16(12-14-27)15-7-9-17(10-8-15)18-5-4-6-19-20(18)21(24)26-25-19/h4-11H,12-14H2,1-3H3,(H3,24,25,26). The molecule has 3 N–H and O–H groups in total. The molecule has 1 aromatic heterocycles. The minimum absolute atomic E-state index is 0.256. The van der Waals surface area contributed by atoms with Gasteiger partial charge in [-0.05, 0) is 55.5 Å². The number of carbonyl (C=O) groups excluding carboxylic acids is 1. The van der Waals surface area contributed by atoms with E-state index in [9.17, 15) is 4.79 Å². The molecule has 0 bridgehead atoms. The number of aromatic amines is 1. The molecule has 2 heterocycles. The second-order valence-corrected chi connectivity index (χ2v) is 8.32. The van der Waals surface area contributed by atoms with E-state index in [1.807, 2.05) is 32.9 Å². The van der Waals surface area contributed by atoms with Gasteiger partial charge in [0.25, 0.3) is 0 Å². The molecule has 1 amide bonds. The highest BCUT2D eigenvalue weighted by Crippen LogP contribution is 2.32. The van der Waals surface area contributed by atoms with Gasteiger partial charge in [-0.15, -0.1) is 0 Å². The quantitative estimate of drug-likeness (QED) is 0.656. The van der Waals surface area contributed by atoms with E-state index in [1.165, 1.54) is 11.1 Å². The summed E-state index contributed by atoms with van der Waals surface area (Å²) in [5.41, 5.74) is 11.1. The average Bonchev–Trinajstić information content (AvgIpc) is 3.08. The first-order valence-electron chi connectivity index (χ1n) is 9.82. The Kier molecular flexibility index (Phi) is 4.78. The molecule has 0 radical (unpaired) electrons. The minimum Gasteiger partial charge on any atom is -0.444 e. The second-order valence-electron chi connectivity index (χ2n) is 8.32. The van der Waals surface area contributed by atoms with Crippen LogP contribution in [0, 0.1) is 0 Å². The highest BCUT2D eigenvalue weighted by atomic mass is 16.6. The normalized spacial score (nSPS) is 14.7. The van der Waals surface area contributed by atoms with Gasteiger partial charge in [0.2, 0.25) is 0 Å². The van der Waals surface area contributed by atoms with Crippen molar-refractivity contribution in [1.29, 1.82) is 0 Å². The van der Waals surface area contributed by atoms with Crippen LogP contribution in [0.25, 0.3) is 27.6 Å². The summed E-state index contributed by atoms with van der Waals surface area (Å²) < 4.78 is 5.46. The van der Waals surface area contributed by atoms with E-state index in [-0.39, 0.29) is 6.09 Å². The number of nitrogen functional groups attached to an aromatic ring is 1. The number of hydrogen-bond acceptors (Lipinski definition) is 4. The molecular formula is C23H26N4O2. The molecule has 150 valence electrons. The molecule has 3 aromatic rings. The van der Waals surface area contributed by atoms with Crippen molar-refractivity contribution in [2.45, 2.75) is 32.8 Å². The molecule has 1 aliphatic heterocycles. The first-order chi connectivity index (χ1) is 13.8. The number of nitrogens with zero attached hydrogens (tertiary/aromatic N) is 2. The Morgan fingerprint density at radius 2 is 1.86 bits per heavy atom. The zero-order valence-electron chi connectivity index (χ0n) is 17.0. The second kappa shape index (κ2) is 7.28. The lowest BCUT2D eigenvalue weighted by Gasteiger charge is -2.29. The molecule has 0 unspecified atom stereocenters. The van der Waals surface area contributed by atoms with Crippen molar-refractivity contribution < 1.29 is 9.53 Å². The SMILES string of the molecule is CC(C)(C)OC(=O)N1CC=C(c2ccc(-c3cccc4[nH]nc(N)c34)cc2)CC1. The van der Waals surface area contributed by atoms with E-state index in [4.69, 9.17) is 10.5 Å². The van der Waals surface area contributed by atoms with Crippen molar-refractivity contribution in [3.05, 3.63) is 54.1 Å². The van der Waals surface area contributed by atoms with Gasteiger partial charge in [-0.1, -0.05) is 42.5 Å². The third kappa shape index (κ3) is 3.97. The maximum absolute atomic E-state index is 12.2. The molecule has 0 saturated heterocycles. The van der Waals surface area contributed by atoms with E-state index in [0.717, 1.165) is 28.5 Å².